The van der Waals surface area contributed by atoms with Crippen LogP contribution < -0.4 is 11.1 Å². The number of likely N-dealkylation sites (tertiary alicyclic amines) is 1. The van der Waals surface area contributed by atoms with Gasteiger partial charge in [-0.05, 0) is 12.8 Å². The van der Waals surface area contributed by atoms with Gasteiger partial charge in [-0.1, -0.05) is 5.21 Å². The Morgan fingerprint density at radius 1 is 1.43 bits per heavy atom. The quantitative estimate of drug-likeness (QED) is 0.768. The minimum Gasteiger partial charge on any atom is -0.341 e. The summed E-state index contributed by atoms with van der Waals surface area (Å²) < 4.78 is 1.42. The van der Waals surface area contributed by atoms with Gasteiger partial charge in [-0.3, -0.25) is 10.1 Å². The highest BCUT2D eigenvalue weighted by atomic mass is 16.2. The number of nitrogens with zero attached hydrogens (tertiary/aromatic N) is 5. The molecular weight excluding hydrogens is 274 g/mol. The zero-order valence-corrected chi connectivity index (χ0v) is 12.3. The zero-order valence-electron chi connectivity index (χ0n) is 12.3. The van der Waals surface area contributed by atoms with Crippen molar-refractivity contribution in [2.24, 2.45) is 5.73 Å². The number of nitrogens with two attached hydrogens (primary N) is 1. The summed E-state index contributed by atoms with van der Waals surface area (Å²) in [7, 11) is 3.26. The van der Waals surface area contributed by atoms with Gasteiger partial charge in [0.1, 0.15) is 6.54 Å². The van der Waals surface area contributed by atoms with Crippen molar-refractivity contribution in [3.05, 3.63) is 6.20 Å². The van der Waals surface area contributed by atoms with E-state index in [9.17, 15) is 9.59 Å². The lowest BCUT2D eigenvalue weighted by Gasteiger charge is -2.30. The van der Waals surface area contributed by atoms with Crippen molar-refractivity contribution >= 4 is 17.8 Å². The Kier molecular flexibility index (Phi) is 4.73. The number of anilines is 1. The molecule has 0 aromatic carbocycles. The van der Waals surface area contributed by atoms with Gasteiger partial charge in [0.05, 0.1) is 6.20 Å². The van der Waals surface area contributed by atoms with E-state index in [1.807, 2.05) is 0 Å². The number of nitrogens with one attached hydrogen (secondary N) is 1. The van der Waals surface area contributed by atoms with Gasteiger partial charge in [0.15, 0.2) is 5.82 Å². The lowest BCUT2D eigenvalue weighted by atomic mass is 10.1. The van der Waals surface area contributed by atoms with Gasteiger partial charge < -0.3 is 15.5 Å². The second kappa shape index (κ2) is 6.53. The molecular formula is C12H21N7O2. The van der Waals surface area contributed by atoms with Gasteiger partial charge in [0.2, 0.25) is 5.91 Å². The number of piperidine rings is 1. The lowest BCUT2D eigenvalue weighted by Crippen LogP contribution is -2.44. The molecule has 2 rings (SSSR count). The molecule has 0 spiro atoms. The van der Waals surface area contributed by atoms with Crippen molar-refractivity contribution in [2.45, 2.75) is 25.4 Å². The first-order valence-electron chi connectivity index (χ1n) is 6.87. The highest BCUT2D eigenvalue weighted by molar-refractivity contribution is 5.87. The average molecular weight is 295 g/mol. The number of rotatable bonds is 3. The molecule has 1 aliphatic heterocycles. The third-order valence-electron chi connectivity index (χ3n) is 3.37. The van der Waals surface area contributed by atoms with Crippen molar-refractivity contribution in [3.63, 3.8) is 0 Å². The number of amides is 3. The first kappa shape index (κ1) is 15.2. The molecule has 2 heterocycles. The van der Waals surface area contributed by atoms with Crippen LogP contribution in [0.2, 0.25) is 0 Å². The number of hydrogen-bond donors (Lipinski definition) is 2. The number of carbonyl (C=O) groups is 2. The summed E-state index contributed by atoms with van der Waals surface area (Å²) >= 11 is 0. The van der Waals surface area contributed by atoms with Crippen LogP contribution in [0, 0.1) is 0 Å². The standard InChI is InChI=1S/C12H21N7O2/c1-17(2)12(21)14-10-7-19(16-15-10)8-11(20)18-5-3-9(13)4-6-18/h7,9H,3-6,8,13H2,1-2H3,(H,14,21). The van der Waals surface area contributed by atoms with Gasteiger partial charge in [-0.15, -0.1) is 5.10 Å². The molecule has 1 aromatic rings. The molecule has 3 N–H and O–H groups in total. The monoisotopic (exact) mass is 295 g/mol. The van der Waals surface area contributed by atoms with E-state index in [1.54, 1.807) is 19.0 Å². The van der Waals surface area contributed by atoms with Crippen LogP contribution >= 0.6 is 0 Å². The van der Waals surface area contributed by atoms with E-state index in [1.165, 1.54) is 15.8 Å². The SMILES string of the molecule is CN(C)C(=O)Nc1cn(CC(=O)N2CCC(N)CC2)nn1. The average Bonchev–Trinajstić information content (AvgIpc) is 2.86. The molecule has 9 heteroatoms. The summed E-state index contributed by atoms with van der Waals surface area (Å²) in [6, 6.07) is -0.105. The molecule has 1 fully saturated rings. The van der Waals surface area contributed by atoms with Crippen molar-refractivity contribution in [1.29, 1.82) is 0 Å². The number of aromatic nitrogens is 3. The van der Waals surface area contributed by atoms with Gasteiger partial charge in [0, 0.05) is 33.2 Å². The maximum Gasteiger partial charge on any atom is 0.322 e. The van der Waals surface area contributed by atoms with Crippen molar-refractivity contribution in [3.8, 4) is 0 Å². The largest absolute Gasteiger partial charge is 0.341 e. The molecule has 1 aliphatic rings. The molecule has 0 aliphatic carbocycles. The van der Waals surface area contributed by atoms with Crippen LogP contribution in [0.3, 0.4) is 0 Å². The third kappa shape index (κ3) is 4.15. The number of carbonyl (C=O) groups excluding carboxylic acids is 2. The molecule has 21 heavy (non-hydrogen) atoms. The molecule has 116 valence electrons. The topological polar surface area (TPSA) is 109 Å². The minimum atomic E-state index is -0.293. The number of hydrogen-bond acceptors (Lipinski definition) is 5. The summed E-state index contributed by atoms with van der Waals surface area (Å²) in [6.07, 6.45) is 3.19. The summed E-state index contributed by atoms with van der Waals surface area (Å²) in [6.45, 7) is 1.47. The van der Waals surface area contributed by atoms with Gasteiger partial charge in [-0.2, -0.15) is 0 Å². The normalized spacial score (nSPS) is 15.9. The highest BCUT2D eigenvalue weighted by Crippen LogP contribution is 2.09. The summed E-state index contributed by atoms with van der Waals surface area (Å²) in [4.78, 5) is 26.8. The summed E-state index contributed by atoms with van der Waals surface area (Å²) in [5.74, 6) is 0.305. The molecule has 0 radical (unpaired) electrons. The highest BCUT2D eigenvalue weighted by Gasteiger charge is 2.21. The van der Waals surface area contributed by atoms with Crippen LogP contribution in [-0.4, -0.2) is 70.0 Å². The smallest absolute Gasteiger partial charge is 0.322 e. The minimum absolute atomic E-state index is 0.0164. The van der Waals surface area contributed by atoms with E-state index >= 15 is 0 Å². The molecule has 0 saturated carbocycles. The van der Waals surface area contributed by atoms with Crippen LogP contribution in [0.25, 0.3) is 0 Å². The van der Waals surface area contributed by atoms with Gasteiger partial charge in [-0.25, -0.2) is 9.48 Å². The third-order valence-corrected chi connectivity index (χ3v) is 3.37. The van der Waals surface area contributed by atoms with E-state index in [2.05, 4.69) is 15.6 Å². The van der Waals surface area contributed by atoms with Crippen LogP contribution in [-0.2, 0) is 11.3 Å². The van der Waals surface area contributed by atoms with Crippen molar-refractivity contribution in [2.75, 3.05) is 32.5 Å². The second-order valence-corrected chi connectivity index (χ2v) is 5.34. The molecule has 9 nitrogen and oxygen atoms in total. The molecule has 1 saturated heterocycles. The zero-order chi connectivity index (χ0) is 15.4. The molecule has 0 unspecified atom stereocenters. The maximum absolute atomic E-state index is 12.1. The Hall–Kier alpha value is -2.16. The Labute approximate surface area is 123 Å². The first-order valence-corrected chi connectivity index (χ1v) is 6.87. The predicted octanol–water partition coefficient (Wildman–Crippen LogP) is -0.679. The van der Waals surface area contributed by atoms with Crippen LogP contribution in [0.5, 0.6) is 0 Å². The maximum atomic E-state index is 12.1. The summed E-state index contributed by atoms with van der Waals surface area (Å²) in [5, 5.41) is 10.2. The molecule has 3 amide bonds. The fraction of sp³-hybridized carbons (Fsp3) is 0.667. The van der Waals surface area contributed by atoms with E-state index in [0.29, 0.717) is 18.9 Å². The Morgan fingerprint density at radius 3 is 2.71 bits per heavy atom. The molecule has 1 aromatic heterocycles. The molecule has 0 atom stereocenters. The Morgan fingerprint density at radius 2 is 2.10 bits per heavy atom. The van der Waals surface area contributed by atoms with Crippen LogP contribution in [0.1, 0.15) is 12.8 Å². The van der Waals surface area contributed by atoms with E-state index in [0.717, 1.165) is 12.8 Å². The van der Waals surface area contributed by atoms with Crippen molar-refractivity contribution in [1.82, 2.24) is 24.8 Å². The molecule has 0 bridgehead atoms. The summed E-state index contributed by atoms with van der Waals surface area (Å²) in [5.41, 5.74) is 5.81. The van der Waals surface area contributed by atoms with Crippen LogP contribution in [0.4, 0.5) is 10.6 Å². The van der Waals surface area contributed by atoms with E-state index in [-0.39, 0.29) is 24.5 Å². The van der Waals surface area contributed by atoms with Gasteiger partial charge >= 0.3 is 6.03 Å². The Balaban J connectivity index is 1.87. The second-order valence-electron chi connectivity index (χ2n) is 5.34. The van der Waals surface area contributed by atoms with Gasteiger partial charge in [0.25, 0.3) is 0 Å². The van der Waals surface area contributed by atoms with E-state index in [4.69, 9.17) is 5.73 Å². The fourth-order valence-electron chi connectivity index (χ4n) is 2.04. The van der Waals surface area contributed by atoms with E-state index < -0.39 is 0 Å². The van der Waals surface area contributed by atoms with Crippen molar-refractivity contribution < 1.29 is 9.59 Å². The number of urea groups is 1. The Bertz CT molecular complexity index is 505. The fourth-order valence-corrected chi connectivity index (χ4v) is 2.04. The first-order chi connectivity index (χ1) is 9.95. The lowest BCUT2D eigenvalue weighted by molar-refractivity contribution is -0.133. The van der Waals surface area contributed by atoms with Crippen LogP contribution in [0.15, 0.2) is 6.20 Å². The predicted molar refractivity (Wildman–Crippen MR) is 76.5 cm³/mol.